The molecule has 0 aromatic carbocycles. The summed E-state index contributed by atoms with van der Waals surface area (Å²) in [7, 11) is 1.28. The fraction of sp³-hybridized carbons (Fsp3) is 0.583. The number of amides is 3. The van der Waals surface area contributed by atoms with Crippen molar-refractivity contribution in [1.82, 2.24) is 35.5 Å². The minimum absolute atomic E-state index is 0.00598. The maximum absolute atomic E-state index is 14.9. The summed E-state index contributed by atoms with van der Waals surface area (Å²) in [5.41, 5.74) is 0. The normalized spacial score (nSPS) is 22.5. The third-order valence-electron chi connectivity index (χ3n) is 6.58. The summed E-state index contributed by atoms with van der Waals surface area (Å²) in [4.78, 5) is 44.1. The molecule has 2 aliphatic heterocycles. The molecule has 2 aromatic heterocycles. The number of aromatic nitrogens is 4. The summed E-state index contributed by atoms with van der Waals surface area (Å²) in [6.45, 7) is 4.74. The first kappa shape index (κ1) is 28.1. The molecule has 2 aliphatic rings. The Balaban J connectivity index is 1.38. The van der Waals surface area contributed by atoms with E-state index in [1.165, 1.54) is 36.6 Å². The number of hydrogen-bond acceptors (Lipinski definition) is 10. The van der Waals surface area contributed by atoms with Crippen LogP contribution in [-0.4, -0.2) is 94.3 Å². The highest BCUT2D eigenvalue weighted by atomic mass is 19.3. The quantitative estimate of drug-likeness (QED) is 0.470. The summed E-state index contributed by atoms with van der Waals surface area (Å²) in [6, 6.07) is -0.576. The van der Waals surface area contributed by atoms with Crippen LogP contribution in [0.3, 0.4) is 0 Å². The van der Waals surface area contributed by atoms with Crippen molar-refractivity contribution in [1.29, 1.82) is 0 Å². The fourth-order valence-electron chi connectivity index (χ4n) is 4.51. The maximum Gasteiger partial charge on any atom is 0.414 e. The molecule has 2 fully saturated rings. The van der Waals surface area contributed by atoms with Crippen molar-refractivity contribution in [2.24, 2.45) is 0 Å². The number of piperidine rings is 2. The van der Waals surface area contributed by atoms with Crippen LogP contribution < -0.4 is 30.3 Å². The number of anilines is 2. The molecule has 15 heteroatoms. The molecule has 3 amide bonds. The number of halogens is 2. The van der Waals surface area contributed by atoms with Crippen LogP contribution in [0.15, 0.2) is 24.7 Å². The fourth-order valence-corrected chi connectivity index (χ4v) is 4.51. The predicted molar refractivity (Wildman–Crippen MR) is 137 cm³/mol. The van der Waals surface area contributed by atoms with Crippen molar-refractivity contribution in [3.63, 3.8) is 0 Å². The number of carbonyl (C=O) groups is 2. The van der Waals surface area contributed by atoms with Gasteiger partial charge in [-0.05, 0) is 33.2 Å². The Labute approximate surface area is 224 Å². The number of nitrogens with one attached hydrogen (secondary N) is 3. The molecule has 212 valence electrons. The van der Waals surface area contributed by atoms with Gasteiger partial charge in [0.1, 0.15) is 6.04 Å². The topological polar surface area (TPSA) is 147 Å². The van der Waals surface area contributed by atoms with Gasteiger partial charge in [0.05, 0.1) is 19.0 Å². The van der Waals surface area contributed by atoms with Crippen LogP contribution in [0.4, 0.5) is 30.1 Å². The second-order valence-electron chi connectivity index (χ2n) is 9.49. The van der Waals surface area contributed by atoms with Crippen molar-refractivity contribution in [3.8, 4) is 11.8 Å². The van der Waals surface area contributed by atoms with Gasteiger partial charge < -0.3 is 29.9 Å². The first-order valence-corrected chi connectivity index (χ1v) is 12.8. The Morgan fingerprint density at radius 1 is 1.26 bits per heavy atom. The van der Waals surface area contributed by atoms with Crippen molar-refractivity contribution in [3.05, 3.63) is 24.7 Å². The van der Waals surface area contributed by atoms with Gasteiger partial charge in [-0.3, -0.25) is 5.32 Å². The van der Waals surface area contributed by atoms with E-state index in [2.05, 4.69) is 35.9 Å². The third kappa shape index (κ3) is 7.37. The molecular formula is C24H33F2N9O4. The van der Waals surface area contributed by atoms with Gasteiger partial charge in [-0.15, -0.1) is 0 Å². The summed E-state index contributed by atoms with van der Waals surface area (Å²) < 4.78 is 40.4. The highest BCUT2D eigenvalue weighted by molar-refractivity contribution is 5.88. The molecule has 39 heavy (non-hydrogen) atoms. The van der Waals surface area contributed by atoms with E-state index in [1.807, 2.05) is 6.92 Å². The number of alkyl halides is 2. The van der Waals surface area contributed by atoms with Gasteiger partial charge in [0, 0.05) is 50.9 Å². The van der Waals surface area contributed by atoms with Crippen molar-refractivity contribution < 1.29 is 27.8 Å². The van der Waals surface area contributed by atoms with Gasteiger partial charge in [0.25, 0.3) is 5.92 Å². The van der Waals surface area contributed by atoms with E-state index >= 15 is 0 Å². The highest BCUT2D eigenvalue weighted by Crippen LogP contribution is 2.33. The average molecular weight is 550 g/mol. The van der Waals surface area contributed by atoms with E-state index in [0.717, 1.165) is 24.3 Å². The molecule has 3 N–H and O–H groups in total. The number of urea groups is 1. The minimum atomic E-state index is -3.16. The zero-order valence-electron chi connectivity index (χ0n) is 22.1. The van der Waals surface area contributed by atoms with Crippen LogP contribution in [-0.2, 0) is 0 Å². The Hall–Kier alpha value is -3.88. The number of likely N-dealkylation sites (N-methyl/N-ethyl adjacent to an activating group) is 1. The van der Waals surface area contributed by atoms with E-state index < -0.39 is 30.5 Å². The molecule has 4 rings (SSSR count). The van der Waals surface area contributed by atoms with Crippen LogP contribution in [0.25, 0.3) is 0 Å². The van der Waals surface area contributed by atoms with Gasteiger partial charge in [-0.1, -0.05) is 0 Å². The smallest absolute Gasteiger partial charge is 0.414 e. The zero-order valence-corrected chi connectivity index (χ0v) is 22.1. The molecule has 2 saturated heterocycles. The second kappa shape index (κ2) is 12.3. The van der Waals surface area contributed by atoms with Gasteiger partial charge in [-0.25, -0.2) is 33.3 Å². The van der Waals surface area contributed by atoms with Gasteiger partial charge >= 0.3 is 12.1 Å². The number of carbonyl (C=O) groups excluding carboxylic acids is 2. The summed E-state index contributed by atoms with van der Waals surface area (Å²) in [5.74, 6) is -2.68. The molecule has 0 aliphatic carbocycles. The number of ether oxygens (including phenoxy) is 2. The van der Waals surface area contributed by atoms with Gasteiger partial charge in [0.2, 0.25) is 17.7 Å². The Kier molecular flexibility index (Phi) is 8.89. The Morgan fingerprint density at radius 2 is 2.08 bits per heavy atom. The second-order valence-corrected chi connectivity index (χ2v) is 9.49. The Morgan fingerprint density at radius 3 is 2.79 bits per heavy atom. The van der Waals surface area contributed by atoms with Crippen molar-refractivity contribution in [2.45, 2.75) is 57.2 Å². The summed E-state index contributed by atoms with van der Waals surface area (Å²) >= 11 is 0. The van der Waals surface area contributed by atoms with Gasteiger partial charge in [0.15, 0.2) is 5.82 Å². The predicted octanol–water partition coefficient (Wildman–Crippen LogP) is 2.27. The van der Waals surface area contributed by atoms with Crippen LogP contribution in [0.5, 0.6) is 11.8 Å². The SMILES string of the molecule is CCOc1cnc(NC(=O)N(C)[C@H]2CN(c3nccc(OC(=O)N[C@@H]4CCN[C@H](C)C4)n3)CCC2(F)F)cn1. The summed E-state index contributed by atoms with van der Waals surface area (Å²) in [5, 5.41) is 8.61. The lowest BCUT2D eigenvalue weighted by molar-refractivity contribution is -0.0760. The van der Waals surface area contributed by atoms with Gasteiger partial charge in [-0.2, -0.15) is 4.98 Å². The molecule has 2 aromatic rings. The maximum atomic E-state index is 14.9. The third-order valence-corrected chi connectivity index (χ3v) is 6.58. The molecule has 0 saturated carbocycles. The molecule has 0 bridgehead atoms. The molecule has 0 spiro atoms. The van der Waals surface area contributed by atoms with E-state index in [0.29, 0.717) is 6.61 Å². The van der Waals surface area contributed by atoms with Crippen LogP contribution in [0, 0.1) is 0 Å². The summed E-state index contributed by atoms with van der Waals surface area (Å²) in [6.07, 6.45) is 4.39. The largest absolute Gasteiger partial charge is 0.477 e. The van der Waals surface area contributed by atoms with E-state index in [9.17, 15) is 18.4 Å². The minimum Gasteiger partial charge on any atom is -0.477 e. The molecular weight excluding hydrogens is 516 g/mol. The molecule has 0 unspecified atom stereocenters. The average Bonchev–Trinajstić information content (AvgIpc) is 2.89. The lowest BCUT2D eigenvalue weighted by Crippen LogP contribution is -2.60. The molecule has 3 atom stereocenters. The number of rotatable bonds is 7. The van der Waals surface area contributed by atoms with Crippen LogP contribution in [0.2, 0.25) is 0 Å². The molecule has 4 heterocycles. The monoisotopic (exact) mass is 549 g/mol. The number of hydrogen-bond donors (Lipinski definition) is 3. The molecule has 0 radical (unpaired) electrons. The standard InChI is InChI=1S/C24H33F2N9O4/c1-4-38-20-13-29-18(12-30-20)32-22(36)34(3)17-14-35(10-7-24(17,25)26)21-28-9-6-19(33-21)39-23(37)31-16-5-8-27-15(2)11-16/h6,9,12-13,15-17,27H,4-5,7-8,10-11,14H2,1-3H3,(H,31,37)(H,29,32,36)/t15-,16-,17+/m1/s1. The lowest BCUT2D eigenvalue weighted by atomic mass is 10.00. The Bertz CT molecular complexity index is 1140. The van der Waals surface area contributed by atoms with E-state index in [1.54, 1.807) is 6.92 Å². The number of nitrogens with zero attached hydrogens (tertiary/aromatic N) is 6. The zero-order chi connectivity index (χ0) is 28.0. The first-order chi connectivity index (χ1) is 18.6. The van der Waals surface area contributed by atoms with E-state index in [-0.39, 0.29) is 48.7 Å². The van der Waals surface area contributed by atoms with Crippen molar-refractivity contribution in [2.75, 3.05) is 43.5 Å². The van der Waals surface area contributed by atoms with Crippen LogP contribution >= 0.6 is 0 Å². The lowest BCUT2D eigenvalue weighted by Gasteiger charge is -2.42. The van der Waals surface area contributed by atoms with E-state index in [4.69, 9.17) is 9.47 Å². The van der Waals surface area contributed by atoms with Crippen molar-refractivity contribution >= 4 is 23.9 Å². The van der Waals surface area contributed by atoms with Crippen LogP contribution in [0.1, 0.15) is 33.1 Å². The first-order valence-electron chi connectivity index (χ1n) is 12.8. The highest BCUT2D eigenvalue weighted by Gasteiger charge is 2.48. The molecule has 13 nitrogen and oxygen atoms in total.